The van der Waals surface area contributed by atoms with Crippen LogP contribution in [-0.4, -0.2) is 27.9 Å². The van der Waals surface area contributed by atoms with E-state index in [0.717, 1.165) is 5.56 Å². The maximum Gasteiger partial charge on any atom is 0.328 e. The molecule has 0 bridgehead atoms. The van der Waals surface area contributed by atoms with Crippen LogP contribution in [0.1, 0.15) is 12.5 Å². The number of amidine groups is 1. The van der Waals surface area contributed by atoms with Gasteiger partial charge in [-0.15, -0.1) is 0 Å². The quantitative estimate of drug-likeness (QED) is 0.781. The molecule has 1 N–H and O–H groups in total. The monoisotopic (exact) mass is 395 g/mol. The number of amides is 2. The number of hydrogen-bond acceptors (Lipinski definition) is 3. The molecule has 2 aromatic rings. The van der Waals surface area contributed by atoms with Crippen molar-refractivity contribution in [1.82, 2.24) is 4.90 Å². The number of carbonyl (C=O) groups excluding carboxylic acids is 1. The van der Waals surface area contributed by atoms with E-state index in [0.29, 0.717) is 17.4 Å². The smallest absolute Gasteiger partial charge is 0.307 e. The average Bonchev–Trinajstić information content (AvgIpc) is 3.03. The maximum absolute atomic E-state index is 13.3. The number of rotatable bonds is 3. The molecule has 4 nitrogen and oxygen atoms in total. The summed E-state index contributed by atoms with van der Waals surface area (Å²) in [5.74, 6) is -0.899. The first-order valence-corrected chi connectivity index (χ1v) is 9.17. The maximum atomic E-state index is 13.3. The van der Waals surface area contributed by atoms with Gasteiger partial charge in [0.15, 0.2) is 5.17 Å². The number of thioether (sulfide) groups is 1. The van der Waals surface area contributed by atoms with Gasteiger partial charge in [-0.1, -0.05) is 42.4 Å². The standard InChI is InChI=1S/C18H16ClF2N3OS/c1-11-9-22-18(26-11)24(10-12-2-4-13(20)5-3-12)17(25)23-14-6-7-16(21)15(19)8-14/h2-8,11H,9-10H2,1H3,(H,23,25)/t11-/m0/s1. The summed E-state index contributed by atoms with van der Waals surface area (Å²) in [6.45, 7) is 2.88. The number of carbonyl (C=O) groups is 1. The predicted octanol–water partition coefficient (Wildman–Crippen LogP) is 5.14. The molecule has 0 spiro atoms. The lowest BCUT2D eigenvalue weighted by atomic mass is 10.2. The minimum Gasteiger partial charge on any atom is -0.307 e. The van der Waals surface area contributed by atoms with Gasteiger partial charge in [0.1, 0.15) is 11.6 Å². The molecule has 0 radical (unpaired) electrons. The van der Waals surface area contributed by atoms with Gasteiger partial charge < -0.3 is 5.32 Å². The third kappa shape index (κ3) is 4.53. The molecular weight excluding hydrogens is 380 g/mol. The van der Waals surface area contributed by atoms with E-state index in [1.165, 1.54) is 47.0 Å². The van der Waals surface area contributed by atoms with Crippen LogP contribution >= 0.6 is 23.4 Å². The molecule has 2 amide bonds. The topological polar surface area (TPSA) is 44.7 Å². The van der Waals surface area contributed by atoms with Gasteiger partial charge in [-0.2, -0.15) is 0 Å². The van der Waals surface area contributed by atoms with Gasteiger partial charge in [0.05, 0.1) is 18.1 Å². The van der Waals surface area contributed by atoms with Crippen LogP contribution in [0.25, 0.3) is 0 Å². The zero-order valence-corrected chi connectivity index (χ0v) is 15.5. The number of aliphatic imine (C=N–C) groups is 1. The highest BCUT2D eigenvalue weighted by Gasteiger charge is 2.26. The molecule has 1 atom stereocenters. The van der Waals surface area contributed by atoms with Crippen LogP contribution in [0.5, 0.6) is 0 Å². The van der Waals surface area contributed by atoms with Crippen molar-refractivity contribution in [2.75, 3.05) is 11.9 Å². The Morgan fingerprint density at radius 1 is 1.31 bits per heavy atom. The summed E-state index contributed by atoms with van der Waals surface area (Å²) in [7, 11) is 0. The lowest BCUT2D eigenvalue weighted by molar-refractivity contribution is 0.233. The Morgan fingerprint density at radius 3 is 2.65 bits per heavy atom. The first kappa shape index (κ1) is 18.7. The predicted molar refractivity (Wildman–Crippen MR) is 102 cm³/mol. The Labute approximate surface area is 159 Å². The molecule has 1 aliphatic rings. The van der Waals surface area contributed by atoms with Crippen molar-refractivity contribution in [1.29, 1.82) is 0 Å². The van der Waals surface area contributed by atoms with E-state index in [1.54, 1.807) is 12.1 Å². The Morgan fingerprint density at radius 2 is 2.04 bits per heavy atom. The highest BCUT2D eigenvalue weighted by molar-refractivity contribution is 8.14. The van der Waals surface area contributed by atoms with E-state index in [9.17, 15) is 13.6 Å². The third-order valence-corrected chi connectivity index (χ3v) is 5.09. The van der Waals surface area contributed by atoms with E-state index in [2.05, 4.69) is 10.3 Å². The molecule has 0 saturated heterocycles. The molecule has 8 heteroatoms. The Bertz CT molecular complexity index is 845. The first-order chi connectivity index (χ1) is 12.4. The first-order valence-electron chi connectivity index (χ1n) is 7.91. The highest BCUT2D eigenvalue weighted by atomic mass is 35.5. The fourth-order valence-corrected chi connectivity index (χ4v) is 3.49. The number of urea groups is 1. The van der Waals surface area contributed by atoms with Crippen LogP contribution in [0.2, 0.25) is 5.02 Å². The van der Waals surface area contributed by atoms with Crippen molar-refractivity contribution >= 4 is 40.2 Å². The molecule has 26 heavy (non-hydrogen) atoms. The number of nitrogens with zero attached hydrogens (tertiary/aromatic N) is 2. The Hall–Kier alpha value is -2.12. The van der Waals surface area contributed by atoms with Gasteiger partial charge in [-0.25, -0.2) is 13.6 Å². The van der Waals surface area contributed by atoms with Crippen LogP contribution in [0, 0.1) is 11.6 Å². The van der Waals surface area contributed by atoms with Gasteiger partial charge >= 0.3 is 6.03 Å². The summed E-state index contributed by atoms with van der Waals surface area (Å²) < 4.78 is 26.4. The molecular formula is C18H16ClF2N3OS. The fourth-order valence-electron chi connectivity index (χ4n) is 2.37. The van der Waals surface area contributed by atoms with Gasteiger partial charge in [0.2, 0.25) is 0 Å². The minimum absolute atomic E-state index is 0.0749. The Kier molecular flexibility index (Phi) is 5.78. The Balaban J connectivity index is 1.80. The lowest BCUT2D eigenvalue weighted by Crippen LogP contribution is -2.37. The second-order valence-electron chi connectivity index (χ2n) is 5.82. The van der Waals surface area contributed by atoms with Crippen molar-refractivity contribution in [2.24, 2.45) is 4.99 Å². The minimum atomic E-state index is -0.558. The van der Waals surface area contributed by atoms with Crippen molar-refractivity contribution in [3.63, 3.8) is 0 Å². The number of benzene rings is 2. The number of halogens is 3. The van der Waals surface area contributed by atoms with E-state index in [-0.39, 0.29) is 22.6 Å². The second kappa shape index (κ2) is 8.05. The second-order valence-corrected chi connectivity index (χ2v) is 7.64. The van der Waals surface area contributed by atoms with Gasteiger partial charge in [0.25, 0.3) is 0 Å². The highest BCUT2D eigenvalue weighted by Crippen LogP contribution is 2.26. The summed E-state index contributed by atoms with van der Waals surface area (Å²) in [5.41, 5.74) is 1.14. The molecule has 1 heterocycles. The summed E-state index contributed by atoms with van der Waals surface area (Å²) in [4.78, 5) is 18.7. The number of hydrogen-bond donors (Lipinski definition) is 1. The normalized spacial score (nSPS) is 16.3. The van der Waals surface area contributed by atoms with Crippen LogP contribution < -0.4 is 5.32 Å². The van der Waals surface area contributed by atoms with Crippen LogP contribution in [0.4, 0.5) is 19.3 Å². The molecule has 3 rings (SSSR count). The zero-order valence-electron chi connectivity index (χ0n) is 13.9. The molecule has 136 valence electrons. The summed E-state index contributed by atoms with van der Waals surface area (Å²) in [6, 6.07) is 9.47. The van der Waals surface area contributed by atoms with E-state index >= 15 is 0 Å². The fraction of sp³-hybridized carbons (Fsp3) is 0.222. The van der Waals surface area contributed by atoms with Gasteiger partial charge in [-0.3, -0.25) is 9.89 Å². The van der Waals surface area contributed by atoms with Crippen LogP contribution in [-0.2, 0) is 6.54 Å². The molecule has 1 aliphatic heterocycles. The summed E-state index contributed by atoms with van der Waals surface area (Å²) in [5, 5.41) is 3.49. The van der Waals surface area contributed by atoms with Crippen LogP contribution in [0.15, 0.2) is 47.5 Å². The molecule has 0 fully saturated rings. The molecule has 2 aromatic carbocycles. The average molecular weight is 396 g/mol. The summed E-state index contributed by atoms with van der Waals surface area (Å²) in [6.07, 6.45) is 0. The van der Waals surface area contributed by atoms with Crippen LogP contribution in [0.3, 0.4) is 0 Å². The lowest BCUT2D eigenvalue weighted by Gasteiger charge is -2.23. The van der Waals surface area contributed by atoms with E-state index in [4.69, 9.17) is 11.6 Å². The van der Waals surface area contributed by atoms with E-state index in [1.807, 2.05) is 6.92 Å². The zero-order chi connectivity index (χ0) is 18.7. The van der Waals surface area contributed by atoms with Gasteiger partial charge in [-0.05, 0) is 35.9 Å². The molecule has 0 aromatic heterocycles. The number of nitrogens with one attached hydrogen (secondary N) is 1. The van der Waals surface area contributed by atoms with Crippen molar-refractivity contribution in [3.8, 4) is 0 Å². The molecule has 0 unspecified atom stereocenters. The van der Waals surface area contributed by atoms with E-state index < -0.39 is 11.8 Å². The molecule has 0 saturated carbocycles. The van der Waals surface area contributed by atoms with Crippen molar-refractivity contribution in [2.45, 2.75) is 18.7 Å². The number of anilines is 1. The summed E-state index contributed by atoms with van der Waals surface area (Å²) >= 11 is 7.26. The van der Waals surface area contributed by atoms with Gasteiger partial charge in [0, 0.05) is 10.9 Å². The van der Waals surface area contributed by atoms with Crippen molar-refractivity contribution < 1.29 is 13.6 Å². The third-order valence-electron chi connectivity index (χ3n) is 3.69. The molecule has 0 aliphatic carbocycles. The van der Waals surface area contributed by atoms with Crippen molar-refractivity contribution in [3.05, 3.63) is 64.7 Å². The largest absolute Gasteiger partial charge is 0.328 e. The SMILES string of the molecule is C[C@H]1CN=C(N(Cc2ccc(F)cc2)C(=O)Nc2ccc(F)c(Cl)c2)S1.